The summed E-state index contributed by atoms with van der Waals surface area (Å²) < 4.78 is 0.236. The van der Waals surface area contributed by atoms with Crippen molar-refractivity contribution in [3.05, 3.63) is 72.7 Å². The summed E-state index contributed by atoms with van der Waals surface area (Å²) in [6.45, 7) is 3.39. The molecule has 2 N–H and O–H groups in total. The molecule has 1 amide bonds. The number of amides is 1. The van der Waals surface area contributed by atoms with Gasteiger partial charge in [-0.25, -0.2) is 0 Å². The normalized spacial score (nSPS) is 15.0. The van der Waals surface area contributed by atoms with Crippen LogP contribution in [0.2, 0.25) is 10.0 Å². The van der Waals surface area contributed by atoms with Gasteiger partial charge in [0.25, 0.3) is 11.5 Å². The van der Waals surface area contributed by atoms with Crippen molar-refractivity contribution in [2.45, 2.75) is 6.54 Å². The van der Waals surface area contributed by atoms with Crippen LogP contribution in [-0.2, 0) is 6.54 Å². The van der Waals surface area contributed by atoms with Crippen LogP contribution in [-0.4, -0.2) is 51.9 Å². The summed E-state index contributed by atoms with van der Waals surface area (Å²) in [6.07, 6.45) is 0. The van der Waals surface area contributed by atoms with E-state index in [0.29, 0.717) is 46.1 Å². The summed E-state index contributed by atoms with van der Waals surface area (Å²) in [4.78, 5) is 34.4. The summed E-state index contributed by atoms with van der Waals surface area (Å²) in [6, 6.07) is 10.6. The minimum Gasteiger partial charge on any atom is -0.336 e. The summed E-state index contributed by atoms with van der Waals surface area (Å²) in [5.41, 5.74) is 1.80. The molecular formula is C20H18Cl2N4O2S. The van der Waals surface area contributed by atoms with E-state index in [1.807, 2.05) is 17.0 Å². The van der Waals surface area contributed by atoms with Gasteiger partial charge < -0.3 is 9.88 Å². The summed E-state index contributed by atoms with van der Waals surface area (Å²) in [5, 5.41) is 1.60. The van der Waals surface area contributed by atoms with E-state index in [2.05, 4.69) is 14.9 Å². The lowest BCUT2D eigenvalue weighted by Crippen LogP contribution is -2.48. The number of carbonyl (C=O) groups excluding carboxylic acids is 1. The molecule has 29 heavy (non-hydrogen) atoms. The Kier molecular flexibility index (Phi) is 5.74. The Labute approximate surface area is 182 Å². The molecule has 3 aromatic rings. The second-order valence-corrected chi connectivity index (χ2v) is 8.14. The van der Waals surface area contributed by atoms with Gasteiger partial charge >= 0.3 is 0 Å². The number of rotatable bonds is 3. The van der Waals surface area contributed by atoms with Crippen molar-refractivity contribution in [3.8, 4) is 0 Å². The fourth-order valence-corrected chi connectivity index (χ4v) is 4.09. The van der Waals surface area contributed by atoms with E-state index in [1.165, 1.54) is 0 Å². The highest BCUT2D eigenvalue weighted by molar-refractivity contribution is 7.71. The van der Waals surface area contributed by atoms with Gasteiger partial charge in [-0.3, -0.25) is 19.5 Å². The monoisotopic (exact) mass is 448 g/mol. The topological polar surface area (TPSA) is 72.2 Å². The molecule has 0 atom stereocenters. The van der Waals surface area contributed by atoms with Crippen LogP contribution in [0, 0.1) is 4.77 Å². The number of aromatic nitrogens is 2. The maximum absolute atomic E-state index is 12.9. The number of hydrogen-bond acceptors (Lipinski definition) is 4. The average molecular weight is 449 g/mol. The molecule has 2 aromatic carbocycles. The third-order valence-electron chi connectivity index (χ3n) is 5.07. The fraction of sp³-hybridized carbons (Fsp3) is 0.250. The van der Waals surface area contributed by atoms with Gasteiger partial charge in [0.1, 0.15) is 0 Å². The number of nitrogens with zero attached hydrogens (tertiary/aromatic N) is 2. The van der Waals surface area contributed by atoms with E-state index in [9.17, 15) is 9.59 Å². The summed E-state index contributed by atoms with van der Waals surface area (Å²) in [5.74, 6) is -0.0630. The number of hydrogen-bond donors (Lipinski definition) is 2. The molecule has 1 aliphatic heterocycles. The molecule has 1 saturated heterocycles. The minimum atomic E-state index is -0.268. The number of halogens is 2. The van der Waals surface area contributed by atoms with Gasteiger partial charge in [0.2, 0.25) is 0 Å². The first-order valence-corrected chi connectivity index (χ1v) is 10.3. The van der Waals surface area contributed by atoms with Crippen LogP contribution in [0.15, 0.2) is 41.2 Å². The van der Waals surface area contributed by atoms with Crippen LogP contribution in [0.25, 0.3) is 10.9 Å². The second kappa shape index (κ2) is 8.28. The molecule has 6 nitrogen and oxygen atoms in total. The lowest BCUT2D eigenvalue weighted by molar-refractivity contribution is 0.0628. The first kappa shape index (κ1) is 20.1. The predicted octanol–water partition coefficient (Wildman–Crippen LogP) is 3.85. The van der Waals surface area contributed by atoms with Crippen molar-refractivity contribution < 1.29 is 4.79 Å². The Morgan fingerprint density at radius 2 is 1.83 bits per heavy atom. The number of benzene rings is 2. The molecule has 1 aliphatic rings. The lowest BCUT2D eigenvalue weighted by atomic mass is 10.1. The number of carbonyl (C=O) groups is 1. The number of H-pyrrole nitrogens is 2. The van der Waals surface area contributed by atoms with Crippen molar-refractivity contribution in [2.75, 3.05) is 26.2 Å². The van der Waals surface area contributed by atoms with Crippen molar-refractivity contribution >= 4 is 52.2 Å². The SMILES string of the molecule is O=C(c1ccc2c(=O)[nH]c(=S)[nH]c2c1)N1CCN(Cc2cccc(Cl)c2Cl)CC1. The van der Waals surface area contributed by atoms with Crippen LogP contribution in [0.3, 0.4) is 0 Å². The number of nitrogens with one attached hydrogen (secondary N) is 2. The van der Waals surface area contributed by atoms with Crippen LogP contribution >= 0.6 is 35.4 Å². The van der Waals surface area contributed by atoms with Crippen molar-refractivity contribution in [2.24, 2.45) is 0 Å². The maximum Gasteiger partial charge on any atom is 0.259 e. The Balaban J connectivity index is 1.45. The van der Waals surface area contributed by atoms with Gasteiger partial charge in [0, 0.05) is 38.3 Å². The van der Waals surface area contributed by atoms with Gasteiger partial charge in [0.05, 0.1) is 20.9 Å². The van der Waals surface area contributed by atoms with E-state index in [0.717, 1.165) is 18.7 Å². The molecule has 4 rings (SSSR count). The van der Waals surface area contributed by atoms with E-state index in [4.69, 9.17) is 35.4 Å². The standard InChI is InChI=1S/C20H18Cl2N4O2S/c21-15-3-1-2-13(17(15)22)11-25-6-8-26(9-7-25)19(28)12-4-5-14-16(10-12)23-20(29)24-18(14)27/h1-5,10H,6-9,11H2,(H2,23,24,27,29). The average Bonchev–Trinajstić information content (AvgIpc) is 2.71. The highest BCUT2D eigenvalue weighted by Crippen LogP contribution is 2.27. The molecular weight excluding hydrogens is 431 g/mol. The van der Waals surface area contributed by atoms with E-state index in [-0.39, 0.29) is 16.2 Å². The Morgan fingerprint density at radius 1 is 1.07 bits per heavy atom. The summed E-state index contributed by atoms with van der Waals surface area (Å²) in [7, 11) is 0. The molecule has 0 aliphatic carbocycles. The smallest absolute Gasteiger partial charge is 0.259 e. The number of fused-ring (bicyclic) bond motifs is 1. The zero-order chi connectivity index (χ0) is 20.5. The van der Waals surface area contributed by atoms with Crippen molar-refractivity contribution in [1.29, 1.82) is 0 Å². The molecule has 0 spiro atoms. The Morgan fingerprint density at radius 3 is 2.59 bits per heavy atom. The highest BCUT2D eigenvalue weighted by Gasteiger charge is 2.23. The first-order valence-electron chi connectivity index (χ1n) is 9.13. The van der Waals surface area contributed by atoms with Gasteiger partial charge in [-0.15, -0.1) is 0 Å². The molecule has 9 heteroatoms. The third-order valence-corrected chi connectivity index (χ3v) is 6.13. The predicted molar refractivity (Wildman–Crippen MR) is 117 cm³/mol. The van der Waals surface area contributed by atoms with Crippen molar-refractivity contribution in [3.63, 3.8) is 0 Å². The lowest BCUT2D eigenvalue weighted by Gasteiger charge is -2.35. The zero-order valence-electron chi connectivity index (χ0n) is 15.4. The van der Waals surface area contributed by atoms with Gasteiger partial charge in [-0.2, -0.15) is 0 Å². The molecule has 0 unspecified atom stereocenters. The molecule has 2 heterocycles. The third kappa shape index (κ3) is 4.23. The Bertz CT molecular complexity index is 1200. The molecule has 0 bridgehead atoms. The van der Waals surface area contributed by atoms with Gasteiger partial charge in [-0.1, -0.05) is 35.3 Å². The molecule has 1 fully saturated rings. The van der Waals surface area contributed by atoms with Crippen LogP contribution in [0.1, 0.15) is 15.9 Å². The fourth-order valence-electron chi connectivity index (χ4n) is 3.51. The number of aromatic amines is 2. The highest BCUT2D eigenvalue weighted by atomic mass is 35.5. The molecule has 150 valence electrons. The first-order chi connectivity index (χ1) is 13.9. The van der Waals surface area contributed by atoms with Crippen LogP contribution in [0.4, 0.5) is 0 Å². The van der Waals surface area contributed by atoms with E-state index in [1.54, 1.807) is 24.3 Å². The second-order valence-electron chi connectivity index (χ2n) is 6.95. The van der Waals surface area contributed by atoms with E-state index >= 15 is 0 Å². The van der Waals surface area contributed by atoms with Crippen molar-refractivity contribution in [1.82, 2.24) is 19.8 Å². The van der Waals surface area contributed by atoms with Gasteiger partial charge in [-0.05, 0) is 42.0 Å². The minimum absolute atomic E-state index is 0.0630. The zero-order valence-corrected chi connectivity index (χ0v) is 17.7. The van der Waals surface area contributed by atoms with Gasteiger partial charge in [0.15, 0.2) is 4.77 Å². The molecule has 0 radical (unpaired) electrons. The largest absolute Gasteiger partial charge is 0.336 e. The number of piperazine rings is 1. The molecule has 1 aromatic heterocycles. The summed E-state index contributed by atoms with van der Waals surface area (Å²) >= 11 is 17.4. The van der Waals surface area contributed by atoms with Crippen LogP contribution in [0.5, 0.6) is 0 Å². The maximum atomic E-state index is 12.9. The quantitative estimate of drug-likeness (QED) is 0.596. The van der Waals surface area contributed by atoms with E-state index < -0.39 is 0 Å². The van der Waals surface area contributed by atoms with Crippen LogP contribution < -0.4 is 5.56 Å². The molecule has 0 saturated carbocycles. The Hall–Kier alpha value is -2.19.